The quantitative estimate of drug-likeness (QED) is 0.725. The van der Waals surface area contributed by atoms with Crippen molar-refractivity contribution >= 4 is 22.8 Å². The molecule has 0 spiro atoms. The molecule has 1 amide bonds. The Morgan fingerprint density at radius 2 is 1.96 bits per heavy atom. The summed E-state index contributed by atoms with van der Waals surface area (Å²) < 4.78 is 6.60. The maximum atomic E-state index is 12.6. The number of anilines is 1. The van der Waals surface area contributed by atoms with Gasteiger partial charge in [-0.2, -0.15) is 0 Å². The van der Waals surface area contributed by atoms with Crippen LogP contribution >= 0.6 is 0 Å². The molecule has 0 aliphatic carbocycles. The molecule has 3 rings (SSSR count). The molecule has 0 aliphatic rings. The van der Waals surface area contributed by atoms with Gasteiger partial charge in [-0.3, -0.25) is 14.2 Å². The Hall–Kier alpha value is -3.22. The van der Waals surface area contributed by atoms with E-state index in [9.17, 15) is 9.59 Å². The van der Waals surface area contributed by atoms with Gasteiger partial charge in [0.15, 0.2) is 5.65 Å². The fraction of sp³-hybridized carbons (Fsp3) is 0.300. The zero-order valence-electron chi connectivity index (χ0n) is 15.6. The molecule has 2 aromatic heterocycles. The normalized spacial score (nSPS) is 11.0. The van der Waals surface area contributed by atoms with E-state index >= 15 is 0 Å². The number of rotatable bonds is 6. The first-order valence-corrected chi connectivity index (χ1v) is 8.87. The molecule has 1 aromatic carbocycles. The molecular formula is C20H22N4O3. The lowest BCUT2D eigenvalue weighted by Crippen LogP contribution is -2.30. The Labute approximate surface area is 157 Å². The van der Waals surface area contributed by atoms with E-state index < -0.39 is 5.56 Å². The van der Waals surface area contributed by atoms with Crippen molar-refractivity contribution in [2.45, 2.75) is 33.2 Å². The van der Waals surface area contributed by atoms with Crippen molar-refractivity contribution in [3.63, 3.8) is 0 Å². The lowest BCUT2D eigenvalue weighted by Gasteiger charge is -2.12. The molecule has 27 heavy (non-hydrogen) atoms. The van der Waals surface area contributed by atoms with E-state index in [0.29, 0.717) is 29.4 Å². The second-order valence-corrected chi connectivity index (χ2v) is 6.41. The zero-order valence-corrected chi connectivity index (χ0v) is 15.6. The molecule has 7 heteroatoms. The Kier molecular flexibility index (Phi) is 5.49. The van der Waals surface area contributed by atoms with Gasteiger partial charge in [0, 0.05) is 11.9 Å². The number of nitrogens with zero attached hydrogens (tertiary/aromatic N) is 3. The Bertz CT molecular complexity index is 1010. The van der Waals surface area contributed by atoms with Crippen LogP contribution in [0.5, 0.6) is 5.88 Å². The molecule has 3 aromatic rings. The monoisotopic (exact) mass is 366 g/mol. The van der Waals surface area contributed by atoms with Gasteiger partial charge >= 0.3 is 5.56 Å². The minimum Gasteiger partial charge on any atom is -0.474 e. The fourth-order valence-corrected chi connectivity index (χ4v) is 2.73. The van der Waals surface area contributed by atoms with Crippen LogP contribution in [-0.2, 0) is 11.3 Å². The standard InChI is InChI=1S/C20H22N4O3/c1-4-27-19-20(26)24(18-16(23-19)6-5-11-21-18)12-17(25)22-15-9-7-14(8-10-15)13(2)3/h5-11,13H,4,12H2,1-3H3,(H,22,25). The van der Waals surface area contributed by atoms with Crippen LogP contribution in [-0.4, -0.2) is 27.0 Å². The minimum atomic E-state index is -0.478. The number of pyridine rings is 1. The van der Waals surface area contributed by atoms with Crippen LogP contribution in [0.4, 0.5) is 5.69 Å². The number of hydrogen-bond donors (Lipinski definition) is 1. The average Bonchev–Trinajstić information content (AvgIpc) is 2.65. The van der Waals surface area contributed by atoms with Crippen LogP contribution in [0.2, 0.25) is 0 Å². The van der Waals surface area contributed by atoms with Crippen LogP contribution in [0.15, 0.2) is 47.4 Å². The van der Waals surface area contributed by atoms with Gasteiger partial charge in [-0.15, -0.1) is 0 Å². The summed E-state index contributed by atoms with van der Waals surface area (Å²) in [6.45, 7) is 6.12. The number of carbonyl (C=O) groups excluding carboxylic acids is 1. The van der Waals surface area contributed by atoms with Crippen molar-refractivity contribution in [1.29, 1.82) is 0 Å². The first-order valence-electron chi connectivity index (χ1n) is 8.87. The van der Waals surface area contributed by atoms with Crippen molar-refractivity contribution in [2.75, 3.05) is 11.9 Å². The van der Waals surface area contributed by atoms with E-state index in [1.165, 1.54) is 10.1 Å². The third-order valence-electron chi connectivity index (χ3n) is 4.12. The number of fused-ring (bicyclic) bond motifs is 1. The highest BCUT2D eigenvalue weighted by Crippen LogP contribution is 2.17. The second-order valence-electron chi connectivity index (χ2n) is 6.41. The molecule has 7 nitrogen and oxygen atoms in total. The smallest absolute Gasteiger partial charge is 0.315 e. The molecule has 0 bridgehead atoms. The van der Waals surface area contributed by atoms with Gasteiger partial charge in [-0.05, 0) is 42.7 Å². The summed E-state index contributed by atoms with van der Waals surface area (Å²) in [6, 6.07) is 11.1. The van der Waals surface area contributed by atoms with Gasteiger partial charge < -0.3 is 10.1 Å². The number of carbonyl (C=O) groups is 1. The van der Waals surface area contributed by atoms with Crippen LogP contribution in [0.1, 0.15) is 32.3 Å². The highest BCUT2D eigenvalue weighted by molar-refractivity contribution is 5.91. The maximum absolute atomic E-state index is 12.6. The van der Waals surface area contributed by atoms with Crippen molar-refractivity contribution in [2.24, 2.45) is 0 Å². The largest absolute Gasteiger partial charge is 0.474 e. The summed E-state index contributed by atoms with van der Waals surface area (Å²) in [5, 5.41) is 2.81. The number of amides is 1. The fourth-order valence-electron chi connectivity index (χ4n) is 2.73. The van der Waals surface area contributed by atoms with E-state index in [2.05, 4.69) is 29.1 Å². The third kappa shape index (κ3) is 4.13. The Morgan fingerprint density at radius 3 is 2.63 bits per heavy atom. The molecule has 0 saturated carbocycles. The van der Waals surface area contributed by atoms with Gasteiger partial charge in [0.25, 0.3) is 5.88 Å². The van der Waals surface area contributed by atoms with E-state index in [4.69, 9.17) is 4.74 Å². The summed E-state index contributed by atoms with van der Waals surface area (Å²) in [5.74, 6) is 0.0571. The molecule has 0 aliphatic heterocycles. The molecule has 0 saturated heterocycles. The van der Waals surface area contributed by atoms with Crippen LogP contribution in [0.25, 0.3) is 11.2 Å². The maximum Gasteiger partial charge on any atom is 0.315 e. The molecular weight excluding hydrogens is 344 g/mol. The lowest BCUT2D eigenvalue weighted by molar-refractivity contribution is -0.116. The average molecular weight is 366 g/mol. The SMILES string of the molecule is CCOc1nc2cccnc2n(CC(=O)Nc2ccc(C(C)C)cc2)c1=O. The van der Waals surface area contributed by atoms with Gasteiger partial charge in [0.05, 0.1) is 6.61 Å². The Balaban J connectivity index is 1.87. The van der Waals surface area contributed by atoms with Crippen molar-refractivity contribution < 1.29 is 9.53 Å². The number of hydrogen-bond acceptors (Lipinski definition) is 5. The summed E-state index contributed by atoms with van der Waals surface area (Å²) in [4.78, 5) is 33.5. The number of nitrogens with one attached hydrogen (secondary N) is 1. The minimum absolute atomic E-state index is 0.0351. The van der Waals surface area contributed by atoms with E-state index in [1.807, 2.05) is 24.3 Å². The molecule has 0 radical (unpaired) electrons. The van der Waals surface area contributed by atoms with Crippen molar-refractivity contribution in [3.8, 4) is 5.88 Å². The number of benzene rings is 1. The highest BCUT2D eigenvalue weighted by Gasteiger charge is 2.15. The predicted molar refractivity (Wildman–Crippen MR) is 104 cm³/mol. The van der Waals surface area contributed by atoms with E-state index in [1.54, 1.807) is 25.3 Å². The van der Waals surface area contributed by atoms with Gasteiger partial charge in [0.2, 0.25) is 5.91 Å². The van der Waals surface area contributed by atoms with Crippen molar-refractivity contribution in [1.82, 2.24) is 14.5 Å². The summed E-state index contributed by atoms with van der Waals surface area (Å²) >= 11 is 0. The molecule has 0 fully saturated rings. The third-order valence-corrected chi connectivity index (χ3v) is 4.12. The summed E-state index contributed by atoms with van der Waals surface area (Å²) in [6.07, 6.45) is 1.56. The van der Waals surface area contributed by atoms with Crippen molar-refractivity contribution in [3.05, 3.63) is 58.5 Å². The molecule has 1 N–H and O–H groups in total. The van der Waals surface area contributed by atoms with E-state index in [0.717, 1.165) is 0 Å². The van der Waals surface area contributed by atoms with Gasteiger partial charge in [-0.25, -0.2) is 9.97 Å². The van der Waals surface area contributed by atoms with Crippen LogP contribution in [0, 0.1) is 0 Å². The lowest BCUT2D eigenvalue weighted by atomic mass is 10.0. The molecule has 0 atom stereocenters. The van der Waals surface area contributed by atoms with Crippen LogP contribution < -0.4 is 15.6 Å². The molecule has 0 unspecified atom stereocenters. The Morgan fingerprint density at radius 1 is 1.22 bits per heavy atom. The van der Waals surface area contributed by atoms with E-state index in [-0.39, 0.29) is 18.3 Å². The van der Waals surface area contributed by atoms with Gasteiger partial charge in [0.1, 0.15) is 12.1 Å². The summed E-state index contributed by atoms with van der Waals surface area (Å²) in [5.41, 5.74) is 2.22. The first-order chi connectivity index (χ1) is 13.0. The second kappa shape index (κ2) is 7.99. The zero-order chi connectivity index (χ0) is 19.4. The van der Waals surface area contributed by atoms with Crippen LogP contribution in [0.3, 0.4) is 0 Å². The van der Waals surface area contributed by atoms with Gasteiger partial charge in [-0.1, -0.05) is 26.0 Å². The molecule has 140 valence electrons. The summed E-state index contributed by atoms with van der Waals surface area (Å²) in [7, 11) is 0. The first kappa shape index (κ1) is 18.6. The number of ether oxygens (including phenoxy) is 1. The predicted octanol–water partition coefficient (Wildman–Crippen LogP) is 2.95. The topological polar surface area (TPSA) is 86.1 Å². The highest BCUT2D eigenvalue weighted by atomic mass is 16.5. The number of aromatic nitrogens is 3. The molecule has 2 heterocycles.